The first-order valence-corrected chi connectivity index (χ1v) is 5.73. The molecular formula is C12H16FN3O. The summed E-state index contributed by atoms with van der Waals surface area (Å²) in [4.78, 5) is 17.4. The molecule has 0 aromatic carbocycles. The molecule has 0 saturated carbocycles. The van der Waals surface area contributed by atoms with Crippen molar-refractivity contribution in [2.45, 2.75) is 6.42 Å². The van der Waals surface area contributed by atoms with E-state index in [-0.39, 0.29) is 5.91 Å². The highest BCUT2D eigenvalue weighted by Gasteiger charge is 2.20. The van der Waals surface area contributed by atoms with Gasteiger partial charge in [-0.15, -0.1) is 0 Å². The maximum atomic E-state index is 12.8. The minimum Gasteiger partial charge on any atom is -0.352 e. The van der Waals surface area contributed by atoms with E-state index in [1.54, 1.807) is 0 Å². The Kier molecular flexibility index (Phi) is 3.68. The molecule has 2 rings (SSSR count). The Bertz CT molecular complexity index is 410. The number of carbonyl (C=O) groups is 1. The van der Waals surface area contributed by atoms with E-state index in [0.29, 0.717) is 18.0 Å². The van der Waals surface area contributed by atoms with E-state index in [0.717, 1.165) is 25.6 Å². The van der Waals surface area contributed by atoms with E-state index >= 15 is 0 Å². The maximum absolute atomic E-state index is 12.8. The number of pyridine rings is 1. The average molecular weight is 237 g/mol. The molecule has 0 spiro atoms. The van der Waals surface area contributed by atoms with Crippen LogP contribution < -0.4 is 5.32 Å². The standard InChI is InChI=1S/C12H16FN3O/c1-16-5-3-9(8-16)7-15-12(17)10-2-4-14-11(13)6-10/h2,4,6,9H,3,5,7-8H2,1H3,(H,15,17). The van der Waals surface area contributed by atoms with Crippen molar-refractivity contribution in [2.75, 3.05) is 26.7 Å². The molecule has 1 aliphatic rings. The van der Waals surface area contributed by atoms with Crippen LogP contribution in [0.5, 0.6) is 0 Å². The highest BCUT2D eigenvalue weighted by molar-refractivity contribution is 5.93. The summed E-state index contributed by atoms with van der Waals surface area (Å²) >= 11 is 0. The highest BCUT2D eigenvalue weighted by atomic mass is 19.1. The first kappa shape index (κ1) is 12.0. The summed E-state index contributed by atoms with van der Waals surface area (Å²) in [5.74, 6) is -0.366. The van der Waals surface area contributed by atoms with Gasteiger partial charge in [-0.2, -0.15) is 4.39 Å². The number of rotatable bonds is 3. The summed E-state index contributed by atoms with van der Waals surface area (Å²) in [5, 5.41) is 2.83. The van der Waals surface area contributed by atoms with E-state index in [2.05, 4.69) is 22.2 Å². The van der Waals surface area contributed by atoms with Crippen LogP contribution in [-0.2, 0) is 0 Å². The summed E-state index contributed by atoms with van der Waals surface area (Å²) < 4.78 is 12.8. The summed E-state index contributed by atoms with van der Waals surface area (Å²) in [5.41, 5.74) is 0.323. The molecule has 0 bridgehead atoms. The Balaban J connectivity index is 1.85. The number of hydrogen-bond acceptors (Lipinski definition) is 3. The van der Waals surface area contributed by atoms with Gasteiger partial charge in [-0.3, -0.25) is 4.79 Å². The van der Waals surface area contributed by atoms with Crippen molar-refractivity contribution in [3.8, 4) is 0 Å². The molecule has 1 amide bonds. The molecule has 0 radical (unpaired) electrons. The highest BCUT2D eigenvalue weighted by Crippen LogP contribution is 2.13. The minimum absolute atomic E-state index is 0.235. The Morgan fingerprint density at radius 1 is 1.71 bits per heavy atom. The molecule has 1 saturated heterocycles. The molecule has 1 N–H and O–H groups in total. The van der Waals surface area contributed by atoms with Crippen LogP contribution >= 0.6 is 0 Å². The van der Waals surface area contributed by atoms with Gasteiger partial charge in [0.15, 0.2) is 0 Å². The zero-order valence-electron chi connectivity index (χ0n) is 9.82. The summed E-state index contributed by atoms with van der Waals surface area (Å²) in [7, 11) is 2.07. The third-order valence-electron chi connectivity index (χ3n) is 3.03. The van der Waals surface area contributed by atoms with Gasteiger partial charge >= 0.3 is 0 Å². The molecule has 0 aliphatic carbocycles. The normalized spacial score (nSPS) is 20.5. The third kappa shape index (κ3) is 3.23. The first-order chi connectivity index (χ1) is 8.15. The van der Waals surface area contributed by atoms with Crippen molar-refractivity contribution >= 4 is 5.91 Å². The summed E-state index contributed by atoms with van der Waals surface area (Å²) in [6.07, 6.45) is 2.40. The van der Waals surface area contributed by atoms with Crippen LogP contribution in [0.1, 0.15) is 16.8 Å². The quantitative estimate of drug-likeness (QED) is 0.794. The van der Waals surface area contributed by atoms with Crippen LogP contribution in [0.3, 0.4) is 0 Å². The Morgan fingerprint density at radius 3 is 3.18 bits per heavy atom. The lowest BCUT2D eigenvalue weighted by Crippen LogP contribution is -2.30. The minimum atomic E-state index is -0.627. The van der Waals surface area contributed by atoms with Crippen LogP contribution in [-0.4, -0.2) is 42.5 Å². The number of carbonyl (C=O) groups excluding carboxylic acids is 1. The van der Waals surface area contributed by atoms with Gasteiger partial charge in [0, 0.05) is 30.9 Å². The smallest absolute Gasteiger partial charge is 0.251 e. The molecule has 5 heteroatoms. The lowest BCUT2D eigenvalue weighted by atomic mass is 10.1. The molecule has 1 aromatic heterocycles. The molecular weight excluding hydrogens is 221 g/mol. The van der Waals surface area contributed by atoms with Gasteiger partial charge in [-0.1, -0.05) is 0 Å². The number of likely N-dealkylation sites (tertiary alicyclic amines) is 1. The van der Waals surface area contributed by atoms with E-state index in [4.69, 9.17) is 0 Å². The zero-order valence-corrected chi connectivity index (χ0v) is 9.82. The Morgan fingerprint density at radius 2 is 2.53 bits per heavy atom. The summed E-state index contributed by atoms with van der Waals surface area (Å²) in [6, 6.07) is 2.66. The molecule has 4 nitrogen and oxygen atoms in total. The number of nitrogens with one attached hydrogen (secondary N) is 1. The number of aromatic nitrogens is 1. The molecule has 92 valence electrons. The van der Waals surface area contributed by atoms with Gasteiger partial charge in [0.05, 0.1) is 0 Å². The van der Waals surface area contributed by atoms with Crippen molar-refractivity contribution < 1.29 is 9.18 Å². The van der Waals surface area contributed by atoms with Gasteiger partial charge in [0.25, 0.3) is 5.91 Å². The fraction of sp³-hybridized carbons (Fsp3) is 0.500. The predicted octanol–water partition coefficient (Wildman–Crippen LogP) is 0.902. The molecule has 1 aliphatic heterocycles. The maximum Gasteiger partial charge on any atom is 0.251 e. The average Bonchev–Trinajstić information content (AvgIpc) is 2.72. The molecule has 1 fully saturated rings. The number of nitrogens with zero attached hydrogens (tertiary/aromatic N) is 2. The number of halogens is 1. The Labute approximate surface area is 99.8 Å². The van der Waals surface area contributed by atoms with E-state index in [9.17, 15) is 9.18 Å². The SMILES string of the molecule is CN1CCC(CNC(=O)c2ccnc(F)c2)C1. The van der Waals surface area contributed by atoms with Gasteiger partial charge in [-0.25, -0.2) is 4.98 Å². The fourth-order valence-electron chi connectivity index (χ4n) is 2.08. The monoisotopic (exact) mass is 237 g/mol. The van der Waals surface area contributed by atoms with Gasteiger partial charge < -0.3 is 10.2 Å². The second-order valence-corrected chi connectivity index (χ2v) is 4.49. The molecule has 17 heavy (non-hydrogen) atoms. The van der Waals surface area contributed by atoms with E-state index in [1.165, 1.54) is 12.3 Å². The van der Waals surface area contributed by atoms with Gasteiger partial charge in [0.2, 0.25) is 5.95 Å². The third-order valence-corrected chi connectivity index (χ3v) is 3.03. The van der Waals surface area contributed by atoms with Crippen molar-refractivity contribution in [2.24, 2.45) is 5.92 Å². The van der Waals surface area contributed by atoms with E-state index in [1.807, 2.05) is 0 Å². The molecule has 1 aromatic rings. The number of amides is 1. The van der Waals surface area contributed by atoms with Crippen molar-refractivity contribution in [3.05, 3.63) is 29.8 Å². The van der Waals surface area contributed by atoms with Crippen molar-refractivity contribution in [1.29, 1.82) is 0 Å². The topological polar surface area (TPSA) is 45.2 Å². The van der Waals surface area contributed by atoms with Gasteiger partial charge in [-0.05, 0) is 32.0 Å². The second-order valence-electron chi connectivity index (χ2n) is 4.49. The largest absolute Gasteiger partial charge is 0.352 e. The second kappa shape index (κ2) is 5.23. The van der Waals surface area contributed by atoms with Crippen molar-refractivity contribution in [1.82, 2.24) is 15.2 Å². The zero-order chi connectivity index (χ0) is 12.3. The lowest BCUT2D eigenvalue weighted by Gasteiger charge is -2.11. The first-order valence-electron chi connectivity index (χ1n) is 5.73. The number of hydrogen-bond donors (Lipinski definition) is 1. The van der Waals surface area contributed by atoms with Crippen LogP contribution in [0, 0.1) is 11.9 Å². The summed E-state index contributed by atoms with van der Waals surface area (Å²) in [6.45, 7) is 2.72. The Hall–Kier alpha value is -1.49. The molecule has 1 atom stereocenters. The van der Waals surface area contributed by atoms with Crippen LogP contribution in [0.4, 0.5) is 4.39 Å². The predicted molar refractivity (Wildman–Crippen MR) is 62.1 cm³/mol. The van der Waals surface area contributed by atoms with Crippen molar-refractivity contribution in [3.63, 3.8) is 0 Å². The van der Waals surface area contributed by atoms with Crippen LogP contribution in [0.15, 0.2) is 18.3 Å². The lowest BCUT2D eigenvalue weighted by molar-refractivity contribution is 0.0947. The van der Waals surface area contributed by atoms with Crippen LogP contribution in [0.2, 0.25) is 0 Å². The molecule has 2 heterocycles. The fourth-order valence-corrected chi connectivity index (χ4v) is 2.08. The molecule has 1 unspecified atom stereocenters. The van der Waals surface area contributed by atoms with E-state index < -0.39 is 5.95 Å². The van der Waals surface area contributed by atoms with Crippen LogP contribution in [0.25, 0.3) is 0 Å². The van der Waals surface area contributed by atoms with Gasteiger partial charge in [0.1, 0.15) is 0 Å².